The smallest absolute Gasteiger partial charge is 0.290 e. The molecule has 260 valence electrons. The Bertz CT molecular complexity index is 1540. The number of nitrogens with one attached hydrogen (secondary N) is 2. The summed E-state index contributed by atoms with van der Waals surface area (Å²) in [5.41, 5.74) is 1.51. The van der Waals surface area contributed by atoms with Crippen molar-refractivity contribution in [2.24, 2.45) is 5.92 Å². The summed E-state index contributed by atoms with van der Waals surface area (Å²) in [7, 11) is 1.70. The fourth-order valence-corrected chi connectivity index (χ4v) is 6.38. The Morgan fingerprint density at radius 3 is 2.29 bits per heavy atom. The molecule has 2 heterocycles. The number of hydrogen-bond donors (Lipinski definition) is 2. The summed E-state index contributed by atoms with van der Waals surface area (Å²) < 4.78 is 41.4. The second-order valence-electron chi connectivity index (χ2n) is 12.5. The van der Waals surface area contributed by atoms with Crippen molar-refractivity contribution < 1.29 is 32.6 Å². The van der Waals surface area contributed by atoms with Crippen LogP contribution in [0.2, 0.25) is 0 Å². The Kier molecular flexibility index (Phi) is 12.5. The summed E-state index contributed by atoms with van der Waals surface area (Å²) >= 11 is 0. The molecule has 3 amide bonds. The number of aromatic nitrogens is 2. The summed E-state index contributed by atoms with van der Waals surface area (Å²) in [4.78, 5) is 48.1. The normalized spacial score (nSPS) is 17.0. The SMILES string of the molecule is CN[C@@H](C)C(=O)N[C@@H](C(=O)N1CCN(C(=O)c2nc3cc(F)c(F)cc3n2CCOCCOCc2ccccc2)CC1)C1CCCCC1. The molecule has 1 aliphatic carbocycles. The molecule has 0 unspecified atom stereocenters. The number of imidazole rings is 1. The van der Waals surface area contributed by atoms with Crippen LogP contribution in [-0.4, -0.2) is 102 Å². The Labute approximate surface area is 279 Å². The minimum absolute atomic E-state index is 0.0482. The third-order valence-electron chi connectivity index (χ3n) is 9.31. The number of halogens is 2. The second-order valence-corrected chi connectivity index (χ2v) is 12.5. The Morgan fingerprint density at radius 1 is 0.917 bits per heavy atom. The van der Waals surface area contributed by atoms with Crippen molar-refractivity contribution in [3.8, 4) is 0 Å². The van der Waals surface area contributed by atoms with Crippen LogP contribution < -0.4 is 10.6 Å². The van der Waals surface area contributed by atoms with Gasteiger partial charge in [0.1, 0.15) is 6.04 Å². The lowest BCUT2D eigenvalue weighted by atomic mass is 9.83. The first kappa shape index (κ1) is 35.4. The van der Waals surface area contributed by atoms with Crippen LogP contribution in [0.15, 0.2) is 42.5 Å². The third-order valence-corrected chi connectivity index (χ3v) is 9.31. The molecule has 0 spiro atoms. The molecule has 1 saturated carbocycles. The number of amides is 3. The molecule has 2 N–H and O–H groups in total. The van der Waals surface area contributed by atoms with Gasteiger partial charge in [-0.3, -0.25) is 14.4 Å². The van der Waals surface area contributed by atoms with Crippen LogP contribution in [0.3, 0.4) is 0 Å². The number of hydrogen-bond acceptors (Lipinski definition) is 7. The van der Waals surface area contributed by atoms with Crippen molar-refractivity contribution in [2.75, 3.05) is 53.0 Å². The van der Waals surface area contributed by atoms with Gasteiger partial charge >= 0.3 is 0 Å². The van der Waals surface area contributed by atoms with Crippen LogP contribution >= 0.6 is 0 Å². The highest BCUT2D eigenvalue weighted by atomic mass is 19.2. The maximum absolute atomic E-state index is 14.3. The number of carbonyl (C=O) groups is 3. The molecule has 3 aromatic rings. The van der Waals surface area contributed by atoms with E-state index < -0.39 is 29.6 Å². The number of fused-ring (bicyclic) bond motifs is 1. The lowest BCUT2D eigenvalue weighted by Crippen LogP contribution is -2.59. The molecular weight excluding hydrogens is 622 g/mol. The van der Waals surface area contributed by atoms with E-state index in [9.17, 15) is 23.2 Å². The van der Waals surface area contributed by atoms with E-state index in [4.69, 9.17) is 9.47 Å². The van der Waals surface area contributed by atoms with E-state index in [2.05, 4.69) is 15.6 Å². The highest BCUT2D eigenvalue weighted by Crippen LogP contribution is 2.28. The van der Waals surface area contributed by atoms with Gasteiger partial charge in [-0.15, -0.1) is 0 Å². The standard InChI is InChI=1S/C35H46F2N6O5/c1-24(38-2)33(44)40-31(26-11-7-4-8-12-26)34(45)41-13-15-42(16-14-41)35(46)32-39-29-21-27(36)28(37)22-30(29)43(32)17-18-47-19-20-48-23-25-9-5-3-6-10-25/h3,5-6,9-10,21-22,24,26,31,38H,4,7-8,11-20,23H2,1-2H3,(H,40,44)/t24-,31+/m0/s1. The summed E-state index contributed by atoms with van der Waals surface area (Å²) in [6, 6.07) is 10.8. The molecule has 1 saturated heterocycles. The van der Waals surface area contributed by atoms with Crippen LogP contribution in [0.5, 0.6) is 0 Å². The molecule has 0 radical (unpaired) electrons. The highest BCUT2D eigenvalue weighted by molar-refractivity contribution is 5.95. The molecule has 48 heavy (non-hydrogen) atoms. The summed E-state index contributed by atoms with van der Waals surface area (Å²) in [5, 5.41) is 5.93. The van der Waals surface area contributed by atoms with Crippen molar-refractivity contribution in [3.05, 3.63) is 65.5 Å². The number of ether oxygens (including phenoxy) is 2. The van der Waals surface area contributed by atoms with Crippen LogP contribution in [0.4, 0.5) is 8.78 Å². The number of nitrogens with zero attached hydrogens (tertiary/aromatic N) is 4. The Balaban J connectivity index is 1.21. The number of piperazine rings is 1. The zero-order valence-electron chi connectivity index (χ0n) is 27.8. The lowest BCUT2D eigenvalue weighted by Gasteiger charge is -2.39. The molecule has 1 aliphatic heterocycles. The van der Waals surface area contributed by atoms with Gasteiger partial charge in [0.2, 0.25) is 11.8 Å². The Morgan fingerprint density at radius 2 is 1.58 bits per heavy atom. The highest BCUT2D eigenvalue weighted by Gasteiger charge is 2.36. The average molecular weight is 669 g/mol. The van der Waals surface area contributed by atoms with E-state index in [0.717, 1.165) is 49.8 Å². The molecule has 2 aliphatic rings. The van der Waals surface area contributed by atoms with Crippen LogP contribution in [0.1, 0.15) is 55.2 Å². The van der Waals surface area contributed by atoms with Crippen molar-refractivity contribution in [3.63, 3.8) is 0 Å². The van der Waals surface area contributed by atoms with E-state index in [0.29, 0.717) is 32.9 Å². The number of carbonyl (C=O) groups excluding carboxylic acids is 3. The fourth-order valence-electron chi connectivity index (χ4n) is 6.38. The molecule has 11 nitrogen and oxygen atoms in total. The van der Waals surface area contributed by atoms with Gasteiger partial charge in [0.05, 0.1) is 43.5 Å². The van der Waals surface area contributed by atoms with Gasteiger partial charge in [-0.05, 0) is 38.3 Å². The molecule has 2 atom stereocenters. The minimum Gasteiger partial charge on any atom is -0.377 e. The fraction of sp³-hybridized carbons (Fsp3) is 0.543. The predicted octanol–water partition coefficient (Wildman–Crippen LogP) is 3.51. The lowest BCUT2D eigenvalue weighted by molar-refractivity contribution is -0.140. The zero-order chi connectivity index (χ0) is 34.0. The summed E-state index contributed by atoms with van der Waals surface area (Å²) in [6.07, 6.45) is 4.93. The van der Waals surface area contributed by atoms with Gasteiger partial charge in [-0.1, -0.05) is 49.6 Å². The summed E-state index contributed by atoms with van der Waals surface area (Å²) in [6.45, 7) is 4.38. The maximum Gasteiger partial charge on any atom is 0.290 e. The topological polar surface area (TPSA) is 118 Å². The number of rotatable bonds is 14. The van der Waals surface area contributed by atoms with Crippen LogP contribution in [0.25, 0.3) is 11.0 Å². The van der Waals surface area contributed by atoms with Crippen molar-refractivity contribution in [2.45, 2.75) is 64.3 Å². The monoisotopic (exact) mass is 668 g/mol. The summed E-state index contributed by atoms with van der Waals surface area (Å²) in [5.74, 6) is -2.71. The van der Waals surface area contributed by atoms with Gasteiger partial charge in [-0.25, -0.2) is 13.8 Å². The molecule has 2 aromatic carbocycles. The van der Waals surface area contributed by atoms with Crippen molar-refractivity contribution in [1.29, 1.82) is 0 Å². The number of likely N-dealkylation sites (N-methyl/N-ethyl adjacent to an activating group) is 1. The Hall–Kier alpha value is -3.94. The van der Waals surface area contributed by atoms with Gasteiger partial charge in [0.15, 0.2) is 17.5 Å². The zero-order valence-corrected chi connectivity index (χ0v) is 27.8. The first-order chi connectivity index (χ1) is 23.3. The van der Waals surface area contributed by atoms with Gasteiger partial charge < -0.3 is 34.5 Å². The molecule has 1 aromatic heterocycles. The molecule has 5 rings (SSSR count). The van der Waals surface area contributed by atoms with Crippen LogP contribution in [0, 0.1) is 17.6 Å². The van der Waals surface area contributed by atoms with Crippen LogP contribution in [-0.2, 0) is 32.2 Å². The van der Waals surface area contributed by atoms with Gasteiger partial charge in [-0.2, -0.15) is 0 Å². The van der Waals surface area contributed by atoms with E-state index in [1.165, 1.54) is 0 Å². The first-order valence-corrected chi connectivity index (χ1v) is 16.9. The van der Waals surface area contributed by atoms with E-state index in [1.54, 1.807) is 28.3 Å². The molecule has 13 heteroatoms. The number of benzene rings is 2. The van der Waals surface area contributed by atoms with Gasteiger partial charge in [0.25, 0.3) is 5.91 Å². The van der Waals surface area contributed by atoms with Crippen molar-refractivity contribution in [1.82, 2.24) is 30.0 Å². The van der Waals surface area contributed by atoms with E-state index in [-0.39, 0.29) is 60.8 Å². The minimum atomic E-state index is -1.05. The first-order valence-electron chi connectivity index (χ1n) is 16.9. The molecule has 0 bridgehead atoms. The average Bonchev–Trinajstić information content (AvgIpc) is 3.46. The predicted molar refractivity (Wildman–Crippen MR) is 176 cm³/mol. The van der Waals surface area contributed by atoms with Gasteiger partial charge in [0, 0.05) is 44.9 Å². The largest absolute Gasteiger partial charge is 0.377 e. The van der Waals surface area contributed by atoms with E-state index >= 15 is 0 Å². The quantitative estimate of drug-likeness (QED) is 0.253. The second kappa shape index (κ2) is 16.9. The van der Waals surface area contributed by atoms with E-state index in [1.807, 2.05) is 30.3 Å². The molecule has 2 fully saturated rings. The third kappa shape index (κ3) is 8.74. The maximum atomic E-state index is 14.3. The van der Waals surface area contributed by atoms with Crippen molar-refractivity contribution >= 4 is 28.8 Å². The molecular formula is C35H46F2N6O5.